The van der Waals surface area contributed by atoms with E-state index in [0.717, 1.165) is 30.1 Å². The molecule has 0 radical (unpaired) electrons. The fourth-order valence-corrected chi connectivity index (χ4v) is 3.43. The summed E-state index contributed by atoms with van der Waals surface area (Å²) < 4.78 is 5.50. The Morgan fingerprint density at radius 3 is 3.09 bits per heavy atom. The van der Waals surface area contributed by atoms with Crippen LogP contribution >= 0.6 is 11.3 Å². The van der Waals surface area contributed by atoms with Crippen molar-refractivity contribution in [2.75, 3.05) is 13.1 Å². The van der Waals surface area contributed by atoms with Crippen LogP contribution < -0.4 is 0 Å². The van der Waals surface area contributed by atoms with E-state index in [-0.39, 0.29) is 17.9 Å². The first kappa shape index (κ1) is 15.2. The van der Waals surface area contributed by atoms with E-state index in [9.17, 15) is 9.90 Å². The number of amides is 1. The van der Waals surface area contributed by atoms with Gasteiger partial charge in [0.1, 0.15) is 12.0 Å². The molecule has 1 saturated heterocycles. The molecule has 0 saturated carbocycles. The Labute approximate surface area is 133 Å². The minimum absolute atomic E-state index is 0.0349. The van der Waals surface area contributed by atoms with Gasteiger partial charge in [-0.1, -0.05) is 0 Å². The maximum absolute atomic E-state index is 12.6. The van der Waals surface area contributed by atoms with Crippen LogP contribution in [0.5, 0.6) is 0 Å². The van der Waals surface area contributed by atoms with Gasteiger partial charge in [0, 0.05) is 24.4 Å². The summed E-state index contributed by atoms with van der Waals surface area (Å²) in [4.78, 5) is 18.8. The van der Waals surface area contributed by atoms with Crippen LogP contribution in [-0.2, 0) is 0 Å². The van der Waals surface area contributed by atoms with E-state index in [4.69, 9.17) is 4.42 Å². The fraction of sp³-hybridized carbons (Fsp3) is 0.500. The fourth-order valence-electron chi connectivity index (χ4n) is 2.83. The normalized spacial score (nSPS) is 20.1. The number of furan rings is 1. The van der Waals surface area contributed by atoms with E-state index in [0.29, 0.717) is 17.9 Å². The second kappa shape index (κ2) is 6.22. The average molecular weight is 320 g/mol. The second-order valence-corrected chi connectivity index (χ2v) is 6.91. The number of aromatic nitrogens is 1. The van der Waals surface area contributed by atoms with Gasteiger partial charge in [-0.2, -0.15) is 0 Å². The molecule has 2 atom stereocenters. The third kappa shape index (κ3) is 3.08. The first-order chi connectivity index (χ1) is 10.5. The molecule has 2 aromatic rings. The van der Waals surface area contributed by atoms with Crippen LogP contribution in [0.2, 0.25) is 0 Å². The summed E-state index contributed by atoms with van der Waals surface area (Å²) in [6, 6.07) is 1.75. The maximum Gasteiger partial charge on any atom is 0.257 e. The van der Waals surface area contributed by atoms with Gasteiger partial charge in [0.15, 0.2) is 5.76 Å². The molecule has 1 amide bonds. The summed E-state index contributed by atoms with van der Waals surface area (Å²) in [6.07, 6.45) is 3.01. The van der Waals surface area contributed by atoms with E-state index in [1.54, 1.807) is 24.3 Å². The largest absolute Gasteiger partial charge is 0.462 e. The highest BCUT2D eigenvalue weighted by atomic mass is 32.1. The molecular weight excluding hydrogens is 300 g/mol. The van der Waals surface area contributed by atoms with Crippen LogP contribution in [0.1, 0.15) is 35.1 Å². The monoisotopic (exact) mass is 320 g/mol. The van der Waals surface area contributed by atoms with Gasteiger partial charge in [0.2, 0.25) is 0 Å². The smallest absolute Gasteiger partial charge is 0.257 e. The van der Waals surface area contributed by atoms with Crippen LogP contribution in [0.15, 0.2) is 22.1 Å². The van der Waals surface area contributed by atoms with E-state index in [2.05, 4.69) is 4.98 Å². The third-order valence-corrected chi connectivity index (χ3v) is 4.92. The molecular formula is C16H20N2O3S. The zero-order valence-corrected chi connectivity index (χ0v) is 13.6. The number of rotatable bonds is 3. The Morgan fingerprint density at radius 1 is 1.59 bits per heavy atom. The molecule has 2 aromatic heterocycles. The lowest BCUT2D eigenvalue weighted by Crippen LogP contribution is -2.42. The highest BCUT2D eigenvalue weighted by Crippen LogP contribution is 2.26. The third-order valence-electron chi connectivity index (χ3n) is 4.15. The number of carbonyl (C=O) groups is 1. The molecule has 0 bridgehead atoms. The Hall–Kier alpha value is -1.66. The Morgan fingerprint density at radius 2 is 2.41 bits per heavy atom. The summed E-state index contributed by atoms with van der Waals surface area (Å²) in [5.41, 5.74) is 1.31. The summed E-state index contributed by atoms with van der Waals surface area (Å²) in [5.74, 6) is 0.745. The van der Waals surface area contributed by atoms with Gasteiger partial charge < -0.3 is 14.4 Å². The number of aryl methyl sites for hydroxylation is 1. The maximum atomic E-state index is 12.6. The van der Waals surface area contributed by atoms with Crippen molar-refractivity contribution in [3.63, 3.8) is 0 Å². The van der Waals surface area contributed by atoms with Crippen molar-refractivity contribution in [3.05, 3.63) is 28.3 Å². The first-order valence-electron chi connectivity index (χ1n) is 7.53. The lowest BCUT2D eigenvalue weighted by atomic mass is 9.93. The molecule has 0 spiro atoms. The predicted octanol–water partition coefficient (Wildman–Crippen LogP) is 2.94. The molecule has 0 unspecified atom stereocenters. The highest BCUT2D eigenvalue weighted by molar-refractivity contribution is 7.09. The van der Waals surface area contributed by atoms with Gasteiger partial charge in [-0.25, -0.2) is 4.98 Å². The SMILES string of the molecule is Cc1nc(-c2cc(C(=O)N3CCC[C@@H]([C@@H](C)O)C3)co2)cs1. The van der Waals surface area contributed by atoms with Gasteiger partial charge in [-0.15, -0.1) is 11.3 Å². The van der Waals surface area contributed by atoms with Gasteiger partial charge >= 0.3 is 0 Å². The summed E-state index contributed by atoms with van der Waals surface area (Å²) in [6.45, 7) is 5.07. The second-order valence-electron chi connectivity index (χ2n) is 5.85. The van der Waals surface area contributed by atoms with E-state index in [1.807, 2.05) is 17.2 Å². The molecule has 0 aliphatic carbocycles. The van der Waals surface area contributed by atoms with Crippen molar-refractivity contribution in [2.45, 2.75) is 32.8 Å². The number of hydrogen-bond acceptors (Lipinski definition) is 5. The number of carbonyl (C=O) groups excluding carboxylic acids is 1. The summed E-state index contributed by atoms with van der Waals surface area (Å²) >= 11 is 1.55. The quantitative estimate of drug-likeness (QED) is 0.944. The summed E-state index contributed by atoms with van der Waals surface area (Å²) in [7, 11) is 0. The molecule has 118 valence electrons. The lowest BCUT2D eigenvalue weighted by molar-refractivity contribution is 0.0465. The molecule has 1 N–H and O–H groups in total. The summed E-state index contributed by atoms with van der Waals surface area (Å²) in [5, 5.41) is 12.6. The van der Waals surface area contributed by atoms with Gasteiger partial charge in [-0.05, 0) is 32.8 Å². The van der Waals surface area contributed by atoms with E-state index >= 15 is 0 Å². The van der Waals surface area contributed by atoms with Gasteiger partial charge in [-0.3, -0.25) is 4.79 Å². The minimum Gasteiger partial charge on any atom is -0.462 e. The number of piperidine rings is 1. The van der Waals surface area contributed by atoms with Crippen molar-refractivity contribution in [1.82, 2.24) is 9.88 Å². The standard InChI is InChI=1S/C16H20N2O3S/c1-10(19)12-4-3-5-18(7-12)16(20)13-6-15(21-8-13)14-9-22-11(2)17-14/h6,8-10,12,19H,3-5,7H2,1-2H3/t10-,12-/m1/s1. The number of thiazole rings is 1. The van der Waals surface area contributed by atoms with Crippen LogP contribution in [0.4, 0.5) is 0 Å². The minimum atomic E-state index is -0.381. The van der Waals surface area contributed by atoms with Gasteiger partial charge in [0.05, 0.1) is 16.7 Å². The molecule has 0 aromatic carbocycles. The van der Waals surface area contributed by atoms with Crippen molar-refractivity contribution in [2.24, 2.45) is 5.92 Å². The van der Waals surface area contributed by atoms with Crippen LogP contribution in [0, 0.1) is 12.8 Å². The van der Waals surface area contributed by atoms with Crippen LogP contribution in [-0.4, -0.2) is 40.1 Å². The highest BCUT2D eigenvalue weighted by Gasteiger charge is 2.28. The Bertz CT molecular complexity index is 662. The molecule has 1 aliphatic heterocycles. The molecule has 1 fully saturated rings. The zero-order chi connectivity index (χ0) is 15.7. The van der Waals surface area contributed by atoms with E-state index < -0.39 is 0 Å². The van der Waals surface area contributed by atoms with Crippen molar-refractivity contribution in [1.29, 1.82) is 0 Å². The number of hydrogen-bond donors (Lipinski definition) is 1. The predicted molar refractivity (Wildman–Crippen MR) is 84.9 cm³/mol. The number of likely N-dealkylation sites (tertiary alicyclic amines) is 1. The molecule has 1 aliphatic rings. The topological polar surface area (TPSA) is 66.6 Å². The van der Waals surface area contributed by atoms with Crippen molar-refractivity contribution in [3.8, 4) is 11.5 Å². The van der Waals surface area contributed by atoms with Crippen molar-refractivity contribution >= 4 is 17.2 Å². The number of aliphatic hydroxyl groups excluding tert-OH is 1. The van der Waals surface area contributed by atoms with Crippen LogP contribution in [0.25, 0.3) is 11.5 Å². The van der Waals surface area contributed by atoms with Crippen LogP contribution in [0.3, 0.4) is 0 Å². The molecule has 5 nitrogen and oxygen atoms in total. The average Bonchev–Trinajstić information content (AvgIpc) is 3.15. The molecule has 6 heteroatoms. The van der Waals surface area contributed by atoms with Gasteiger partial charge in [0.25, 0.3) is 5.91 Å². The number of aliphatic hydroxyl groups is 1. The van der Waals surface area contributed by atoms with E-state index in [1.165, 1.54) is 6.26 Å². The zero-order valence-electron chi connectivity index (χ0n) is 12.8. The Kier molecular flexibility index (Phi) is 4.31. The lowest BCUT2D eigenvalue weighted by Gasteiger charge is -2.33. The number of nitrogens with zero attached hydrogens (tertiary/aromatic N) is 2. The first-order valence-corrected chi connectivity index (χ1v) is 8.41. The molecule has 3 heterocycles. The van der Waals surface area contributed by atoms with Crippen molar-refractivity contribution < 1.29 is 14.3 Å². The Balaban J connectivity index is 1.74. The molecule has 22 heavy (non-hydrogen) atoms. The molecule has 3 rings (SSSR count).